The van der Waals surface area contributed by atoms with Crippen molar-refractivity contribution < 1.29 is 18.7 Å². The Bertz CT molecular complexity index is 739. The van der Waals surface area contributed by atoms with Crippen LogP contribution in [0.15, 0.2) is 40.3 Å². The smallest absolute Gasteiger partial charge is 0.264 e. The molecular formula is C21H28N2O4S. The summed E-state index contributed by atoms with van der Waals surface area (Å²) < 4.78 is 11.2. The van der Waals surface area contributed by atoms with Gasteiger partial charge in [-0.1, -0.05) is 13.0 Å². The number of carbonyl (C=O) groups excluding carboxylic acids is 2. The highest BCUT2D eigenvalue weighted by molar-refractivity contribution is 7.12. The highest BCUT2D eigenvalue weighted by Gasteiger charge is 2.28. The molecule has 0 radical (unpaired) electrons. The summed E-state index contributed by atoms with van der Waals surface area (Å²) in [6.45, 7) is 5.70. The van der Waals surface area contributed by atoms with Crippen LogP contribution in [0.1, 0.15) is 48.5 Å². The van der Waals surface area contributed by atoms with E-state index in [1.807, 2.05) is 37.4 Å². The van der Waals surface area contributed by atoms with E-state index in [4.69, 9.17) is 9.15 Å². The van der Waals surface area contributed by atoms with Crippen molar-refractivity contribution in [2.24, 2.45) is 0 Å². The summed E-state index contributed by atoms with van der Waals surface area (Å²) in [4.78, 5) is 30.2. The topological polar surface area (TPSA) is 63.0 Å². The lowest BCUT2D eigenvalue weighted by molar-refractivity contribution is -0.134. The number of ether oxygens (including phenoxy) is 1. The molecule has 0 bridgehead atoms. The van der Waals surface area contributed by atoms with E-state index in [0.29, 0.717) is 18.0 Å². The van der Waals surface area contributed by atoms with Gasteiger partial charge in [-0.05, 0) is 49.8 Å². The summed E-state index contributed by atoms with van der Waals surface area (Å²) >= 11 is 1.40. The monoisotopic (exact) mass is 404 g/mol. The summed E-state index contributed by atoms with van der Waals surface area (Å²) in [5.74, 6) is 0.552. The van der Waals surface area contributed by atoms with Crippen LogP contribution in [0, 0.1) is 0 Å². The van der Waals surface area contributed by atoms with Gasteiger partial charge in [-0.2, -0.15) is 0 Å². The third kappa shape index (κ3) is 5.23. The van der Waals surface area contributed by atoms with Crippen LogP contribution >= 0.6 is 11.3 Å². The first-order chi connectivity index (χ1) is 13.6. The van der Waals surface area contributed by atoms with Crippen LogP contribution in [-0.2, 0) is 16.1 Å². The molecule has 1 aliphatic rings. The molecule has 2 amide bonds. The largest absolute Gasteiger partial charge is 0.467 e. The number of hydrogen-bond acceptors (Lipinski definition) is 5. The van der Waals surface area contributed by atoms with E-state index in [-0.39, 0.29) is 30.5 Å². The van der Waals surface area contributed by atoms with E-state index >= 15 is 0 Å². The maximum atomic E-state index is 13.2. The van der Waals surface area contributed by atoms with Crippen LogP contribution in [-0.4, -0.2) is 53.5 Å². The van der Waals surface area contributed by atoms with Gasteiger partial charge in [0.25, 0.3) is 5.91 Å². The summed E-state index contributed by atoms with van der Waals surface area (Å²) in [5, 5.41) is 1.88. The van der Waals surface area contributed by atoms with Crippen LogP contribution < -0.4 is 0 Å². The van der Waals surface area contributed by atoms with Gasteiger partial charge in [0.2, 0.25) is 5.91 Å². The molecule has 6 nitrogen and oxygen atoms in total. The first kappa shape index (κ1) is 20.6. The van der Waals surface area contributed by atoms with Gasteiger partial charge in [0.15, 0.2) is 0 Å². The molecule has 2 aromatic rings. The minimum Gasteiger partial charge on any atom is -0.467 e. The zero-order valence-electron chi connectivity index (χ0n) is 16.5. The van der Waals surface area contributed by atoms with Crippen molar-refractivity contribution in [3.8, 4) is 0 Å². The minimum absolute atomic E-state index is 0.0215. The van der Waals surface area contributed by atoms with E-state index in [9.17, 15) is 9.59 Å². The molecule has 152 valence electrons. The maximum Gasteiger partial charge on any atom is 0.264 e. The van der Waals surface area contributed by atoms with Crippen molar-refractivity contribution in [1.29, 1.82) is 0 Å². The van der Waals surface area contributed by atoms with Gasteiger partial charge < -0.3 is 19.0 Å². The Kier molecular flexibility index (Phi) is 7.28. The second-order valence-electron chi connectivity index (χ2n) is 7.16. The number of nitrogens with zero attached hydrogens (tertiary/aromatic N) is 2. The number of hydrogen-bond donors (Lipinski definition) is 0. The Hall–Kier alpha value is -2.12. The molecule has 0 spiro atoms. The lowest BCUT2D eigenvalue weighted by atomic mass is 10.2. The number of furan rings is 1. The summed E-state index contributed by atoms with van der Waals surface area (Å²) in [6, 6.07) is 7.32. The molecule has 0 N–H and O–H groups in total. The van der Waals surface area contributed by atoms with E-state index in [1.54, 1.807) is 22.1 Å². The second kappa shape index (κ2) is 9.89. The average Bonchev–Trinajstić information content (AvgIpc) is 3.47. The second-order valence-corrected chi connectivity index (χ2v) is 8.10. The van der Waals surface area contributed by atoms with Crippen molar-refractivity contribution in [3.63, 3.8) is 0 Å². The Morgan fingerprint density at radius 3 is 2.79 bits per heavy atom. The van der Waals surface area contributed by atoms with Crippen LogP contribution in [0.5, 0.6) is 0 Å². The molecule has 3 rings (SSSR count). The molecule has 0 aliphatic carbocycles. The highest BCUT2D eigenvalue weighted by Crippen LogP contribution is 2.18. The van der Waals surface area contributed by atoms with Crippen LogP contribution in [0.25, 0.3) is 0 Å². The first-order valence-corrected chi connectivity index (χ1v) is 10.7. The van der Waals surface area contributed by atoms with Crippen molar-refractivity contribution in [1.82, 2.24) is 9.80 Å². The summed E-state index contributed by atoms with van der Waals surface area (Å²) in [6.07, 6.45) is 4.41. The number of amides is 2. The van der Waals surface area contributed by atoms with E-state index in [0.717, 1.165) is 31.6 Å². The Morgan fingerprint density at radius 2 is 2.18 bits per heavy atom. The molecule has 0 aromatic carbocycles. The Balaban J connectivity index is 1.73. The molecule has 1 fully saturated rings. The van der Waals surface area contributed by atoms with Gasteiger partial charge in [0, 0.05) is 19.2 Å². The van der Waals surface area contributed by atoms with Gasteiger partial charge in [-0.25, -0.2) is 0 Å². The Morgan fingerprint density at radius 1 is 1.32 bits per heavy atom. The number of rotatable bonds is 9. The molecule has 1 aliphatic heterocycles. The summed E-state index contributed by atoms with van der Waals surface area (Å²) in [5.41, 5.74) is 0. The lowest BCUT2D eigenvalue weighted by Gasteiger charge is -2.31. The predicted molar refractivity (Wildman–Crippen MR) is 108 cm³/mol. The summed E-state index contributed by atoms with van der Waals surface area (Å²) in [7, 11) is 0. The molecular weight excluding hydrogens is 376 g/mol. The number of carbonyl (C=O) groups is 2. The van der Waals surface area contributed by atoms with Crippen LogP contribution in [0.2, 0.25) is 0 Å². The van der Waals surface area contributed by atoms with Crippen molar-refractivity contribution >= 4 is 23.2 Å². The van der Waals surface area contributed by atoms with Crippen molar-refractivity contribution in [2.75, 3.05) is 19.7 Å². The van der Waals surface area contributed by atoms with E-state index in [2.05, 4.69) is 0 Å². The van der Waals surface area contributed by atoms with Gasteiger partial charge in [-0.15, -0.1) is 11.3 Å². The minimum atomic E-state index is -0.0900. The van der Waals surface area contributed by atoms with Crippen LogP contribution in [0.3, 0.4) is 0 Å². The van der Waals surface area contributed by atoms with E-state index < -0.39 is 0 Å². The zero-order valence-corrected chi connectivity index (χ0v) is 17.3. The average molecular weight is 405 g/mol. The molecule has 2 aromatic heterocycles. The molecule has 28 heavy (non-hydrogen) atoms. The molecule has 0 saturated carbocycles. The normalized spacial score (nSPS) is 17.4. The number of thiophene rings is 1. The van der Waals surface area contributed by atoms with Crippen molar-refractivity contribution in [3.05, 3.63) is 46.5 Å². The third-order valence-corrected chi connectivity index (χ3v) is 6.01. The van der Waals surface area contributed by atoms with Gasteiger partial charge in [-0.3, -0.25) is 9.59 Å². The molecule has 1 saturated heterocycles. The fourth-order valence-electron chi connectivity index (χ4n) is 3.32. The van der Waals surface area contributed by atoms with Crippen LogP contribution in [0.4, 0.5) is 0 Å². The fourth-order valence-corrected chi connectivity index (χ4v) is 3.99. The SMILES string of the molecule is CC[C@@H](C)N(CC(=O)N(Cc1ccco1)C[C@@H]1CCCO1)C(=O)c1cccs1. The lowest BCUT2D eigenvalue weighted by Crippen LogP contribution is -2.47. The van der Waals surface area contributed by atoms with Gasteiger partial charge in [0.05, 0.1) is 23.8 Å². The van der Waals surface area contributed by atoms with Gasteiger partial charge in [0.1, 0.15) is 12.3 Å². The Labute approximate surface area is 170 Å². The first-order valence-electron chi connectivity index (χ1n) is 9.84. The fraction of sp³-hybridized carbons (Fsp3) is 0.524. The predicted octanol–water partition coefficient (Wildman–Crippen LogP) is 3.79. The highest BCUT2D eigenvalue weighted by atomic mass is 32.1. The van der Waals surface area contributed by atoms with Crippen molar-refractivity contribution in [2.45, 2.75) is 51.8 Å². The molecule has 3 heterocycles. The molecule has 0 unspecified atom stereocenters. The molecule has 2 atom stereocenters. The third-order valence-electron chi connectivity index (χ3n) is 5.15. The quantitative estimate of drug-likeness (QED) is 0.638. The zero-order chi connectivity index (χ0) is 19.9. The molecule has 7 heteroatoms. The maximum absolute atomic E-state index is 13.2. The van der Waals surface area contributed by atoms with E-state index in [1.165, 1.54) is 11.3 Å². The standard InChI is InChI=1S/C21H28N2O4S/c1-3-16(2)23(21(25)19-9-6-12-28-19)15-20(24)22(13-17-7-4-10-26-17)14-18-8-5-11-27-18/h4,6-7,9-10,12,16,18H,3,5,8,11,13-15H2,1-2H3/t16-,18+/m1/s1. The van der Waals surface area contributed by atoms with Gasteiger partial charge >= 0.3 is 0 Å².